The van der Waals surface area contributed by atoms with Crippen molar-refractivity contribution in [1.29, 1.82) is 0 Å². The summed E-state index contributed by atoms with van der Waals surface area (Å²) in [5, 5.41) is 2.99. The summed E-state index contributed by atoms with van der Waals surface area (Å²) in [5.74, 6) is -2.39. The first-order valence-electron chi connectivity index (χ1n) is 13.1. The molecule has 0 aromatic carbocycles. The smallest absolute Gasteiger partial charge is 0.348 e. The monoisotopic (exact) mass is 589 g/mol. The molecule has 0 radical (unpaired) electrons. The van der Waals surface area contributed by atoms with Crippen molar-refractivity contribution in [3.63, 3.8) is 0 Å². The first-order valence-corrected chi connectivity index (χ1v) is 14.8. The number of nitrogens with zero attached hydrogens (tertiary/aromatic N) is 2. The summed E-state index contributed by atoms with van der Waals surface area (Å²) < 4.78 is 17.0. The van der Waals surface area contributed by atoms with Crippen LogP contribution in [-0.2, 0) is 25.5 Å². The van der Waals surface area contributed by atoms with E-state index in [2.05, 4.69) is 10.3 Å². The zero-order chi connectivity index (χ0) is 29.0. The third kappa shape index (κ3) is 6.09. The van der Waals surface area contributed by atoms with Crippen LogP contribution in [0.15, 0.2) is 11.1 Å². The summed E-state index contributed by atoms with van der Waals surface area (Å²) in [6.45, 7) is 6.39. The molecular weight excluding hydrogens is 558 g/mol. The van der Waals surface area contributed by atoms with Crippen molar-refractivity contribution >= 4 is 61.7 Å². The maximum Gasteiger partial charge on any atom is 0.348 e. The van der Waals surface area contributed by atoms with E-state index < -0.39 is 35.9 Å². The molecule has 1 amide bonds. The highest BCUT2D eigenvalue weighted by molar-refractivity contribution is 7.20. The summed E-state index contributed by atoms with van der Waals surface area (Å²) in [6, 6.07) is 0. The predicted molar refractivity (Wildman–Crippen MR) is 151 cm³/mol. The molecular formula is C27H31N3O8S2. The number of ether oxygens (including phenoxy) is 3. The molecule has 3 aromatic rings. The summed E-state index contributed by atoms with van der Waals surface area (Å²) in [6.07, 6.45) is 5.96. The van der Waals surface area contributed by atoms with E-state index >= 15 is 0 Å². The molecule has 0 spiro atoms. The second-order valence-corrected chi connectivity index (χ2v) is 11.3. The van der Waals surface area contributed by atoms with E-state index in [0.29, 0.717) is 20.8 Å². The van der Waals surface area contributed by atoms with Gasteiger partial charge in [-0.25, -0.2) is 19.4 Å². The molecule has 0 saturated heterocycles. The molecule has 1 saturated carbocycles. The van der Waals surface area contributed by atoms with Crippen LogP contribution in [0.2, 0.25) is 0 Å². The SMILES string of the molecule is CCOC(=O)c1sc(NC(=O)Cn2cnc3sc(C(=O)OC4CCCCC4)c(C)c3c2=O)c(C(=O)OCC)c1C. The number of anilines is 1. The minimum absolute atomic E-state index is 0.0546. The first-order chi connectivity index (χ1) is 19.2. The number of rotatable bonds is 9. The molecule has 13 heteroatoms. The molecule has 3 aromatic heterocycles. The van der Waals surface area contributed by atoms with E-state index in [1.807, 2.05) is 0 Å². The average molecular weight is 590 g/mol. The van der Waals surface area contributed by atoms with Crippen molar-refractivity contribution in [2.75, 3.05) is 18.5 Å². The van der Waals surface area contributed by atoms with Crippen LogP contribution in [0.3, 0.4) is 0 Å². The van der Waals surface area contributed by atoms with Crippen molar-refractivity contribution < 1.29 is 33.4 Å². The van der Waals surface area contributed by atoms with Crippen LogP contribution >= 0.6 is 22.7 Å². The zero-order valence-electron chi connectivity index (χ0n) is 22.8. The Labute approximate surface area is 238 Å². The van der Waals surface area contributed by atoms with Gasteiger partial charge in [0, 0.05) is 0 Å². The second kappa shape index (κ2) is 12.7. The number of hydrogen-bond donors (Lipinski definition) is 1. The summed E-state index contributed by atoms with van der Waals surface area (Å²) >= 11 is 1.99. The van der Waals surface area contributed by atoms with Crippen molar-refractivity contribution in [3.8, 4) is 0 Å². The number of hydrogen-bond acceptors (Lipinski definition) is 11. The van der Waals surface area contributed by atoms with E-state index in [1.165, 1.54) is 6.33 Å². The Balaban J connectivity index is 1.57. The predicted octanol–water partition coefficient (Wildman–Crippen LogP) is 4.62. The largest absolute Gasteiger partial charge is 0.462 e. The second-order valence-electron chi connectivity index (χ2n) is 9.33. The van der Waals surface area contributed by atoms with E-state index in [4.69, 9.17) is 14.2 Å². The number of thiophene rings is 2. The van der Waals surface area contributed by atoms with Crippen LogP contribution in [0.25, 0.3) is 10.2 Å². The van der Waals surface area contributed by atoms with Crippen LogP contribution in [0, 0.1) is 13.8 Å². The van der Waals surface area contributed by atoms with Gasteiger partial charge < -0.3 is 19.5 Å². The fraction of sp³-hybridized carbons (Fsp3) is 0.481. The number of carbonyl (C=O) groups is 4. The fourth-order valence-electron chi connectivity index (χ4n) is 4.62. The van der Waals surface area contributed by atoms with Gasteiger partial charge in [0.1, 0.15) is 32.2 Å². The van der Waals surface area contributed by atoms with Gasteiger partial charge in [0.05, 0.1) is 30.5 Å². The van der Waals surface area contributed by atoms with Gasteiger partial charge >= 0.3 is 17.9 Å². The highest BCUT2D eigenvalue weighted by Crippen LogP contribution is 2.34. The molecule has 1 aliphatic rings. The van der Waals surface area contributed by atoms with Crippen molar-refractivity contribution in [1.82, 2.24) is 9.55 Å². The standard InChI is InChI=1S/C27H31N3O8S2/c1-5-36-25(33)19-15(4)20(26(34)37-6-2)40-23(19)29-17(31)12-30-13-28-22-18(24(30)32)14(3)21(39-22)27(35)38-16-10-8-7-9-11-16/h13,16H,5-12H2,1-4H3,(H,29,31). The molecule has 0 aliphatic heterocycles. The minimum atomic E-state index is -0.691. The summed E-state index contributed by atoms with van der Waals surface area (Å²) in [7, 11) is 0. The third-order valence-corrected chi connectivity index (χ3v) is 8.95. The van der Waals surface area contributed by atoms with Crippen LogP contribution < -0.4 is 10.9 Å². The van der Waals surface area contributed by atoms with E-state index in [1.54, 1.807) is 27.7 Å². The van der Waals surface area contributed by atoms with Crippen LogP contribution in [0.1, 0.15) is 86.8 Å². The normalized spacial score (nSPS) is 13.7. The van der Waals surface area contributed by atoms with E-state index in [0.717, 1.165) is 59.3 Å². The molecule has 40 heavy (non-hydrogen) atoms. The van der Waals surface area contributed by atoms with Gasteiger partial charge in [0.15, 0.2) is 0 Å². The Hall–Kier alpha value is -3.58. The van der Waals surface area contributed by atoms with E-state index in [-0.39, 0.29) is 40.1 Å². The van der Waals surface area contributed by atoms with Crippen LogP contribution in [0.5, 0.6) is 0 Å². The van der Waals surface area contributed by atoms with Gasteiger partial charge in [0.2, 0.25) is 5.91 Å². The van der Waals surface area contributed by atoms with Gasteiger partial charge in [-0.2, -0.15) is 0 Å². The molecule has 0 unspecified atom stereocenters. The highest BCUT2D eigenvalue weighted by atomic mass is 32.1. The number of aromatic nitrogens is 2. The minimum Gasteiger partial charge on any atom is -0.462 e. The van der Waals surface area contributed by atoms with Crippen LogP contribution in [-0.4, -0.2) is 52.7 Å². The number of fused-ring (bicyclic) bond motifs is 1. The molecule has 0 bridgehead atoms. The fourth-order valence-corrected chi connectivity index (χ4v) is 6.74. The quantitative estimate of drug-likeness (QED) is 0.279. The molecule has 1 fully saturated rings. The molecule has 214 valence electrons. The Bertz CT molecular complexity index is 1510. The maximum atomic E-state index is 13.3. The maximum absolute atomic E-state index is 13.3. The molecule has 1 aliphatic carbocycles. The lowest BCUT2D eigenvalue weighted by molar-refractivity contribution is -0.116. The Kier molecular flexibility index (Phi) is 9.36. The number of aryl methyl sites for hydroxylation is 1. The van der Waals surface area contributed by atoms with Crippen molar-refractivity contribution in [2.45, 2.75) is 72.4 Å². The highest BCUT2D eigenvalue weighted by Gasteiger charge is 2.28. The number of amides is 1. The topological polar surface area (TPSA) is 143 Å². The number of carbonyl (C=O) groups excluding carboxylic acids is 4. The number of nitrogens with one attached hydrogen (secondary N) is 1. The molecule has 3 heterocycles. The third-order valence-electron chi connectivity index (χ3n) is 6.58. The van der Waals surface area contributed by atoms with E-state index in [9.17, 15) is 24.0 Å². The van der Waals surface area contributed by atoms with Gasteiger partial charge in [-0.3, -0.25) is 14.2 Å². The lowest BCUT2D eigenvalue weighted by atomic mass is 9.98. The molecule has 11 nitrogen and oxygen atoms in total. The zero-order valence-corrected chi connectivity index (χ0v) is 24.4. The van der Waals surface area contributed by atoms with Gasteiger partial charge in [-0.05, 0) is 64.5 Å². The Morgan fingerprint density at radius 3 is 2.27 bits per heavy atom. The van der Waals surface area contributed by atoms with Gasteiger partial charge in [0.25, 0.3) is 5.56 Å². The Morgan fingerprint density at radius 2 is 1.60 bits per heavy atom. The molecule has 4 rings (SSSR count). The van der Waals surface area contributed by atoms with Gasteiger partial charge in [-0.15, -0.1) is 22.7 Å². The summed E-state index contributed by atoms with van der Waals surface area (Å²) in [5.41, 5.74) is 0.370. The lowest BCUT2D eigenvalue weighted by Gasteiger charge is -2.21. The van der Waals surface area contributed by atoms with Crippen molar-refractivity contribution in [3.05, 3.63) is 43.1 Å². The average Bonchev–Trinajstić information content (AvgIpc) is 3.43. The molecule has 1 N–H and O–H groups in total. The summed E-state index contributed by atoms with van der Waals surface area (Å²) in [4.78, 5) is 69.4. The van der Waals surface area contributed by atoms with Gasteiger partial charge in [-0.1, -0.05) is 6.42 Å². The Morgan fingerprint density at radius 1 is 0.950 bits per heavy atom. The van der Waals surface area contributed by atoms with Crippen molar-refractivity contribution in [2.24, 2.45) is 0 Å². The first kappa shape index (κ1) is 29.4. The molecule has 0 atom stereocenters. The van der Waals surface area contributed by atoms with Crippen LogP contribution in [0.4, 0.5) is 5.00 Å². The lowest BCUT2D eigenvalue weighted by Crippen LogP contribution is -2.28. The number of esters is 3.